The standard InChI is InChI=1S/C18H38N.CHF3O3S/c1-3-5-7-8-9-10-11-12-16-19(15-6-4-2)17-13-14-18-19;2-1(3,4)8(5,6)7/h3-18H2,1-2H3;(H,5,6,7)/q+1;/p-1. The van der Waals surface area contributed by atoms with Gasteiger partial charge in [-0.2, -0.15) is 13.2 Å². The summed E-state index contributed by atoms with van der Waals surface area (Å²) in [7, 11) is -6.09. The molecule has 0 atom stereocenters. The zero-order valence-corrected chi connectivity index (χ0v) is 17.8. The van der Waals surface area contributed by atoms with Gasteiger partial charge in [0, 0.05) is 12.8 Å². The Morgan fingerprint density at radius 2 is 1.15 bits per heavy atom. The molecule has 1 saturated heterocycles. The highest BCUT2D eigenvalue weighted by Gasteiger charge is 2.37. The van der Waals surface area contributed by atoms with E-state index in [0.29, 0.717) is 0 Å². The fraction of sp³-hybridized carbons (Fsp3) is 1.00. The predicted octanol–water partition coefficient (Wildman–Crippen LogP) is 5.59. The van der Waals surface area contributed by atoms with Crippen LogP contribution >= 0.6 is 0 Å². The second-order valence-corrected chi connectivity index (χ2v) is 9.04. The molecule has 0 saturated carbocycles. The van der Waals surface area contributed by atoms with E-state index >= 15 is 0 Å². The highest BCUT2D eigenvalue weighted by Crippen LogP contribution is 2.22. The van der Waals surface area contributed by atoms with Crippen LogP contribution in [-0.4, -0.2) is 49.1 Å². The molecule has 0 N–H and O–H groups in total. The van der Waals surface area contributed by atoms with Gasteiger partial charge in [-0.1, -0.05) is 58.8 Å². The molecule has 4 nitrogen and oxygen atoms in total. The molecule has 1 fully saturated rings. The lowest BCUT2D eigenvalue weighted by Crippen LogP contribution is -2.46. The normalized spacial score (nSPS) is 16.8. The quantitative estimate of drug-likeness (QED) is 0.180. The molecule has 1 heterocycles. The molecular formula is C19H38F3NO3S. The summed E-state index contributed by atoms with van der Waals surface area (Å²) in [5.41, 5.74) is -5.65. The summed E-state index contributed by atoms with van der Waals surface area (Å²) in [6.45, 7) is 10.5. The molecule has 0 aromatic heterocycles. The van der Waals surface area contributed by atoms with Crippen LogP contribution in [0.2, 0.25) is 0 Å². The molecule has 0 spiro atoms. The third-order valence-electron chi connectivity index (χ3n) is 5.27. The SMILES string of the molecule is CCCCCCCCCC[N+]1(CCCC)CCCC1.O=S(=O)([O-])C(F)(F)F. The smallest absolute Gasteiger partial charge is 0.485 e. The molecule has 1 aliphatic heterocycles. The van der Waals surface area contributed by atoms with Crippen molar-refractivity contribution in [1.82, 2.24) is 0 Å². The molecule has 1 aliphatic rings. The van der Waals surface area contributed by atoms with E-state index in [2.05, 4.69) is 13.8 Å². The van der Waals surface area contributed by atoms with Gasteiger partial charge in [-0.05, 0) is 19.3 Å². The third kappa shape index (κ3) is 12.7. The largest absolute Gasteiger partial charge is 0.741 e. The third-order valence-corrected chi connectivity index (χ3v) is 5.84. The molecule has 0 aliphatic carbocycles. The van der Waals surface area contributed by atoms with Crippen molar-refractivity contribution in [2.75, 3.05) is 26.2 Å². The Kier molecular flexibility index (Phi) is 13.6. The minimum absolute atomic E-state index is 1.37. The Balaban J connectivity index is 0.000000713. The van der Waals surface area contributed by atoms with Crippen molar-refractivity contribution in [2.24, 2.45) is 0 Å². The first kappa shape index (κ1) is 26.7. The molecule has 27 heavy (non-hydrogen) atoms. The van der Waals surface area contributed by atoms with Crippen LogP contribution in [0.3, 0.4) is 0 Å². The topological polar surface area (TPSA) is 57.2 Å². The van der Waals surface area contributed by atoms with E-state index in [-0.39, 0.29) is 0 Å². The van der Waals surface area contributed by atoms with Crippen LogP contribution in [0, 0.1) is 0 Å². The fourth-order valence-corrected chi connectivity index (χ4v) is 3.64. The summed E-state index contributed by atoms with van der Waals surface area (Å²) in [5, 5.41) is 0. The Morgan fingerprint density at radius 3 is 1.56 bits per heavy atom. The van der Waals surface area contributed by atoms with Crippen LogP contribution in [0.4, 0.5) is 13.2 Å². The Hall–Kier alpha value is -0.340. The van der Waals surface area contributed by atoms with Crippen LogP contribution in [0.25, 0.3) is 0 Å². The lowest BCUT2D eigenvalue weighted by molar-refractivity contribution is -0.917. The van der Waals surface area contributed by atoms with Crippen LogP contribution in [0.1, 0.15) is 90.9 Å². The van der Waals surface area contributed by atoms with Crippen molar-refractivity contribution >= 4 is 10.1 Å². The van der Waals surface area contributed by atoms with Crippen molar-refractivity contribution < 1.29 is 30.6 Å². The van der Waals surface area contributed by atoms with Gasteiger partial charge in [0.05, 0.1) is 26.2 Å². The van der Waals surface area contributed by atoms with Crippen molar-refractivity contribution in [3.63, 3.8) is 0 Å². The fourth-order valence-electron chi connectivity index (χ4n) is 3.64. The molecular weight excluding hydrogens is 379 g/mol. The molecule has 0 amide bonds. The minimum atomic E-state index is -6.09. The number of likely N-dealkylation sites (tertiary alicyclic amines) is 1. The van der Waals surface area contributed by atoms with E-state index in [1.54, 1.807) is 0 Å². The van der Waals surface area contributed by atoms with Gasteiger partial charge in [-0.25, -0.2) is 8.42 Å². The van der Waals surface area contributed by atoms with Gasteiger partial charge in [-0.15, -0.1) is 0 Å². The lowest BCUT2D eigenvalue weighted by Gasteiger charge is -2.34. The molecule has 0 bridgehead atoms. The number of rotatable bonds is 12. The Morgan fingerprint density at radius 1 is 0.778 bits per heavy atom. The van der Waals surface area contributed by atoms with E-state index < -0.39 is 15.6 Å². The number of hydrogen-bond donors (Lipinski definition) is 0. The van der Waals surface area contributed by atoms with Gasteiger partial charge < -0.3 is 9.04 Å². The van der Waals surface area contributed by atoms with E-state index in [0.717, 1.165) is 0 Å². The highest BCUT2D eigenvalue weighted by molar-refractivity contribution is 7.86. The summed E-state index contributed by atoms with van der Waals surface area (Å²) in [6, 6.07) is 0. The molecule has 0 aromatic carbocycles. The number of alkyl halides is 3. The van der Waals surface area contributed by atoms with Gasteiger partial charge in [0.1, 0.15) is 0 Å². The van der Waals surface area contributed by atoms with Crippen molar-refractivity contribution in [3.05, 3.63) is 0 Å². The van der Waals surface area contributed by atoms with Crippen LogP contribution in [-0.2, 0) is 10.1 Å². The number of halogens is 3. The van der Waals surface area contributed by atoms with Crippen molar-refractivity contribution in [2.45, 2.75) is 96.4 Å². The maximum Gasteiger partial charge on any atom is 0.485 e. The van der Waals surface area contributed by atoms with E-state index in [1.165, 1.54) is 108 Å². The van der Waals surface area contributed by atoms with Crippen LogP contribution in [0.5, 0.6) is 0 Å². The summed E-state index contributed by atoms with van der Waals surface area (Å²) in [4.78, 5) is 0. The van der Waals surface area contributed by atoms with Gasteiger partial charge in [-0.3, -0.25) is 0 Å². The van der Waals surface area contributed by atoms with Gasteiger partial charge >= 0.3 is 5.51 Å². The number of unbranched alkanes of at least 4 members (excludes halogenated alkanes) is 8. The van der Waals surface area contributed by atoms with Gasteiger partial charge in [0.15, 0.2) is 10.1 Å². The second kappa shape index (κ2) is 13.8. The maximum atomic E-state index is 10.7. The zero-order valence-electron chi connectivity index (χ0n) is 17.0. The van der Waals surface area contributed by atoms with Gasteiger partial charge in [0.25, 0.3) is 0 Å². The molecule has 164 valence electrons. The Bertz CT molecular complexity index is 461. The Labute approximate surface area is 163 Å². The average molecular weight is 418 g/mol. The van der Waals surface area contributed by atoms with Gasteiger partial charge in [0.2, 0.25) is 0 Å². The predicted molar refractivity (Wildman–Crippen MR) is 102 cm³/mol. The monoisotopic (exact) mass is 417 g/mol. The second-order valence-electron chi connectivity index (χ2n) is 7.67. The van der Waals surface area contributed by atoms with Crippen LogP contribution < -0.4 is 0 Å². The number of nitrogens with zero attached hydrogens (tertiary/aromatic N) is 1. The number of quaternary nitrogens is 1. The maximum absolute atomic E-state index is 10.7. The lowest BCUT2D eigenvalue weighted by atomic mass is 10.1. The summed E-state index contributed by atoms with van der Waals surface area (Å²) in [5.74, 6) is 0. The summed E-state index contributed by atoms with van der Waals surface area (Å²) >= 11 is 0. The first-order chi connectivity index (χ1) is 12.6. The summed E-state index contributed by atoms with van der Waals surface area (Å²) < 4.78 is 60.4. The van der Waals surface area contributed by atoms with E-state index in [4.69, 9.17) is 13.0 Å². The molecule has 1 rings (SSSR count). The van der Waals surface area contributed by atoms with Crippen molar-refractivity contribution in [3.8, 4) is 0 Å². The molecule has 0 aromatic rings. The summed E-state index contributed by atoms with van der Waals surface area (Å²) in [6.07, 6.45) is 17.5. The average Bonchev–Trinajstić information content (AvgIpc) is 3.03. The van der Waals surface area contributed by atoms with Crippen LogP contribution in [0.15, 0.2) is 0 Å². The first-order valence-electron chi connectivity index (χ1n) is 10.5. The molecule has 0 radical (unpaired) electrons. The number of hydrogen-bond acceptors (Lipinski definition) is 3. The highest BCUT2D eigenvalue weighted by atomic mass is 32.2. The van der Waals surface area contributed by atoms with Crippen molar-refractivity contribution in [1.29, 1.82) is 0 Å². The van der Waals surface area contributed by atoms with E-state index in [1.807, 2.05) is 0 Å². The zero-order chi connectivity index (χ0) is 20.8. The molecule has 8 heteroatoms. The first-order valence-corrected chi connectivity index (χ1v) is 11.9. The molecule has 0 unspecified atom stereocenters. The van der Waals surface area contributed by atoms with E-state index in [9.17, 15) is 13.2 Å². The minimum Gasteiger partial charge on any atom is -0.741 e.